The first kappa shape index (κ1) is 22.3. The summed E-state index contributed by atoms with van der Waals surface area (Å²) < 4.78 is 1.60. The standard InChI is InChI=1S/C24H23N7O4/c1-13-9-30(23(35)24(12-25)4-5-24)11-18(13)29-20-16(21(26)32)8-28-31-10-15(6-19(20)31)14-2-3-17(22(33)34)27-7-14/h2-3,6-8,10,13,18,29H,4-5,9,11H2,1H3,(H2,26,32)(H,33,34)/t13-,18+/m0/s1. The summed E-state index contributed by atoms with van der Waals surface area (Å²) in [6.45, 7) is 2.93. The number of nitrogens with zero attached hydrogens (tertiary/aromatic N) is 5. The molecular formula is C24H23N7O4. The summed E-state index contributed by atoms with van der Waals surface area (Å²) >= 11 is 0. The number of carbonyl (C=O) groups is 3. The first-order valence-electron chi connectivity index (χ1n) is 11.2. The maximum absolute atomic E-state index is 12.9. The zero-order valence-electron chi connectivity index (χ0n) is 18.9. The average Bonchev–Trinajstić information content (AvgIpc) is 3.39. The topological polar surface area (TPSA) is 167 Å². The molecule has 5 rings (SSSR count). The van der Waals surface area contributed by atoms with E-state index in [2.05, 4.69) is 21.5 Å². The number of hydrogen-bond donors (Lipinski definition) is 3. The van der Waals surface area contributed by atoms with Crippen LogP contribution in [0.2, 0.25) is 0 Å². The van der Waals surface area contributed by atoms with Crippen LogP contribution in [-0.4, -0.2) is 61.5 Å². The minimum atomic E-state index is -1.11. The minimum Gasteiger partial charge on any atom is -0.477 e. The fourth-order valence-electron chi connectivity index (χ4n) is 4.55. The zero-order chi connectivity index (χ0) is 24.9. The Kier molecular flexibility index (Phi) is 5.16. The number of aromatic carboxylic acids is 1. The molecule has 0 radical (unpaired) electrons. The van der Waals surface area contributed by atoms with Gasteiger partial charge in [0.2, 0.25) is 5.91 Å². The van der Waals surface area contributed by atoms with Gasteiger partial charge in [-0.05, 0) is 30.9 Å². The lowest BCUT2D eigenvalue weighted by atomic mass is 10.1. The van der Waals surface area contributed by atoms with Gasteiger partial charge >= 0.3 is 5.97 Å². The van der Waals surface area contributed by atoms with Gasteiger partial charge in [-0.25, -0.2) is 14.3 Å². The highest BCUT2D eigenvalue weighted by Gasteiger charge is 2.54. The first-order valence-corrected chi connectivity index (χ1v) is 11.2. The van der Waals surface area contributed by atoms with Gasteiger partial charge in [0.25, 0.3) is 5.91 Å². The van der Waals surface area contributed by atoms with Crippen molar-refractivity contribution in [1.29, 1.82) is 5.26 Å². The third-order valence-corrected chi connectivity index (χ3v) is 6.82. The van der Waals surface area contributed by atoms with Crippen molar-refractivity contribution >= 4 is 29.0 Å². The lowest BCUT2D eigenvalue weighted by molar-refractivity contribution is -0.134. The molecule has 35 heavy (non-hydrogen) atoms. The van der Waals surface area contributed by atoms with E-state index in [1.54, 1.807) is 21.7 Å². The number of primary amides is 1. The van der Waals surface area contributed by atoms with E-state index in [1.165, 1.54) is 18.5 Å². The van der Waals surface area contributed by atoms with E-state index >= 15 is 0 Å². The van der Waals surface area contributed by atoms with Crippen LogP contribution in [0.4, 0.5) is 5.69 Å². The number of pyridine rings is 1. The number of nitrogens with one attached hydrogen (secondary N) is 1. The monoisotopic (exact) mass is 473 g/mol. The summed E-state index contributed by atoms with van der Waals surface area (Å²) in [7, 11) is 0. The number of aromatic nitrogens is 3. The van der Waals surface area contributed by atoms with E-state index in [1.807, 2.05) is 13.0 Å². The second-order valence-electron chi connectivity index (χ2n) is 9.23. The molecule has 11 heteroatoms. The predicted octanol–water partition coefficient (Wildman–Crippen LogP) is 1.76. The molecule has 1 saturated heterocycles. The second-order valence-corrected chi connectivity index (χ2v) is 9.23. The number of nitrogens with two attached hydrogens (primary N) is 1. The van der Waals surface area contributed by atoms with Crippen molar-refractivity contribution in [3.63, 3.8) is 0 Å². The van der Waals surface area contributed by atoms with Gasteiger partial charge in [0.15, 0.2) is 0 Å². The molecule has 2 fully saturated rings. The van der Waals surface area contributed by atoms with Gasteiger partial charge in [-0.2, -0.15) is 10.4 Å². The zero-order valence-corrected chi connectivity index (χ0v) is 18.9. The van der Waals surface area contributed by atoms with Gasteiger partial charge in [-0.1, -0.05) is 13.0 Å². The molecule has 3 aromatic heterocycles. The normalized spacial score (nSPS) is 20.4. The molecule has 1 aliphatic carbocycles. The van der Waals surface area contributed by atoms with Gasteiger partial charge in [0.1, 0.15) is 11.1 Å². The predicted molar refractivity (Wildman–Crippen MR) is 124 cm³/mol. The fourth-order valence-corrected chi connectivity index (χ4v) is 4.55. The summed E-state index contributed by atoms with van der Waals surface area (Å²) in [6.07, 6.45) is 5.80. The van der Waals surface area contributed by atoms with Crippen LogP contribution in [0.25, 0.3) is 16.6 Å². The smallest absolute Gasteiger partial charge is 0.354 e. The highest BCUT2D eigenvalue weighted by molar-refractivity contribution is 6.02. The third kappa shape index (κ3) is 3.82. The average molecular weight is 473 g/mol. The Hall–Kier alpha value is -4.46. The number of nitriles is 1. The van der Waals surface area contributed by atoms with E-state index in [4.69, 9.17) is 10.8 Å². The SMILES string of the molecule is C[C@H]1CN(C(=O)C2(C#N)CC2)C[C@H]1Nc1c(C(N)=O)cnn2cc(-c3ccc(C(=O)O)nc3)cc12. The summed E-state index contributed by atoms with van der Waals surface area (Å²) in [5.74, 6) is -1.81. The lowest BCUT2D eigenvalue weighted by Gasteiger charge is -2.21. The number of anilines is 1. The van der Waals surface area contributed by atoms with Crippen molar-refractivity contribution in [1.82, 2.24) is 19.5 Å². The van der Waals surface area contributed by atoms with Crippen LogP contribution in [0.3, 0.4) is 0 Å². The van der Waals surface area contributed by atoms with Crippen LogP contribution in [0, 0.1) is 22.7 Å². The minimum absolute atomic E-state index is 0.0623. The van der Waals surface area contributed by atoms with Crippen LogP contribution in [0.15, 0.2) is 36.8 Å². The van der Waals surface area contributed by atoms with Gasteiger partial charge in [0.05, 0.1) is 29.0 Å². The molecular weight excluding hydrogens is 450 g/mol. The summed E-state index contributed by atoms with van der Waals surface area (Å²) in [5.41, 5.74) is 7.44. The van der Waals surface area contributed by atoms with Crippen LogP contribution in [-0.2, 0) is 4.79 Å². The number of rotatable bonds is 6. The summed E-state index contributed by atoms with van der Waals surface area (Å²) in [6, 6.07) is 6.89. The van der Waals surface area contributed by atoms with Gasteiger partial charge in [-0.15, -0.1) is 0 Å². The molecule has 3 aromatic rings. The largest absolute Gasteiger partial charge is 0.477 e. The number of fused-ring (bicyclic) bond motifs is 1. The molecule has 2 atom stereocenters. The Morgan fingerprint density at radius 2 is 2.00 bits per heavy atom. The molecule has 11 nitrogen and oxygen atoms in total. The third-order valence-electron chi connectivity index (χ3n) is 6.82. The van der Waals surface area contributed by atoms with E-state index in [0.717, 1.165) is 5.56 Å². The fraction of sp³-hybridized carbons (Fsp3) is 0.333. The van der Waals surface area contributed by atoms with Crippen molar-refractivity contribution < 1.29 is 19.5 Å². The quantitative estimate of drug-likeness (QED) is 0.487. The highest BCUT2D eigenvalue weighted by atomic mass is 16.4. The van der Waals surface area contributed by atoms with Crippen LogP contribution >= 0.6 is 0 Å². The van der Waals surface area contributed by atoms with Crippen LogP contribution in [0.5, 0.6) is 0 Å². The van der Waals surface area contributed by atoms with Gasteiger partial charge < -0.3 is 21.1 Å². The van der Waals surface area contributed by atoms with Gasteiger partial charge in [-0.3, -0.25) is 9.59 Å². The lowest BCUT2D eigenvalue weighted by Crippen LogP contribution is -2.36. The molecule has 178 valence electrons. The Morgan fingerprint density at radius 1 is 1.23 bits per heavy atom. The molecule has 4 heterocycles. The maximum Gasteiger partial charge on any atom is 0.354 e. The van der Waals surface area contributed by atoms with E-state index in [-0.39, 0.29) is 29.1 Å². The molecule has 0 bridgehead atoms. The number of likely N-dealkylation sites (tertiary alicyclic amines) is 1. The number of carbonyl (C=O) groups excluding carboxylic acids is 2. The molecule has 4 N–H and O–H groups in total. The van der Waals surface area contributed by atoms with Crippen molar-refractivity contribution in [3.8, 4) is 17.2 Å². The van der Waals surface area contributed by atoms with Crippen LogP contribution in [0.1, 0.15) is 40.6 Å². The number of amides is 2. The summed E-state index contributed by atoms with van der Waals surface area (Å²) in [5, 5.41) is 26.2. The maximum atomic E-state index is 12.9. The Bertz CT molecular complexity index is 1400. The van der Waals surface area contributed by atoms with Crippen molar-refractivity contribution in [3.05, 3.63) is 48.0 Å². The molecule has 1 aliphatic heterocycles. The number of hydrogen-bond acceptors (Lipinski definition) is 7. The van der Waals surface area contributed by atoms with Crippen LogP contribution < -0.4 is 11.1 Å². The number of carboxylic acid groups (broad SMARTS) is 1. The van der Waals surface area contributed by atoms with E-state index in [9.17, 15) is 19.6 Å². The first-order chi connectivity index (χ1) is 16.7. The molecule has 2 aliphatic rings. The Balaban J connectivity index is 1.47. The van der Waals surface area contributed by atoms with Crippen molar-refractivity contribution in [2.24, 2.45) is 17.1 Å². The molecule has 1 saturated carbocycles. The highest BCUT2D eigenvalue weighted by Crippen LogP contribution is 2.47. The van der Waals surface area contributed by atoms with Crippen molar-refractivity contribution in [2.75, 3.05) is 18.4 Å². The summed E-state index contributed by atoms with van der Waals surface area (Å²) in [4.78, 5) is 41.9. The molecule has 0 aromatic carbocycles. The van der Waals surface area contributed by atoms with Gasteiger partial charge in [0, 0.05) is 42.7 Å². The molecule has 0 unspecified atom stereocenters. The van der Waals surface area contributed by atoms with E-state index < -0.39 is 17.3 Å². The Labute approximate surface area is 200 Å². The molecule has 0 spiro atoms. The number of carboxylic acids is 1. The van der Waals surface area contributed by atoms with E-state index in [0.29, 0.717) is 42.7 Å². The second kappa shape index (κ2) is 8.09. The Morgan fingerprint density at radius 3 is 2.60 bits per heavy atom. The molecule has 2 amide bonds. The van der Waals surface area contributed by atoms with Crippen molar-refractivity contribution in [2.45, 2.75) is 25.8 Å².